The van der Waals surface area contributed by atoms with E-state index in [4.69, 9.17) is 16.3 Å². The molecule has 0 bridgehead atoms. The first-order chi connectivity index (χ1) is 11.6. The average Bonchev–Trinajstić information content (AvgIpc) is 3.06. The van der Waals surface area contributed by atoms with Gasteiger partial charge in [0.25, 0.3) is 0 Å². The van der Waals surface area contributed by atoms with Crippen LogP contribution in [0.15, 0.2) is 23.6 Å². The molecule has 8 heteroatoms. The van der Waals surface area contributed by atoms with E-state index in [1.165, 1.54) is 11.3 Å². The fourth-order valence-corrected chi connectivity index (χ4v) is 3.65. The number of thiophene rings is 1. The Morgan fingerprint density at radius 2 is 1.92 bits per heavy atom. The molecule has 1 aliphatic heterocycles. The van der Waals surface area contributed by atoms with E-state index < -0.39 is 11.6 Å². The number of rotatable bonds is 2. The normalized spacial score (nSPS) is 15.2. The molecule has 3 heterocycles. The van der Waals surface area contributed by atoms with Crippen molar-refractivity contribution in [2.45, 2.75) is 0 Å². The number of nitrogens with zero attached hydrogens (tertiary/aromatic N) is 3. The average molecular weight is 368 g/mol. The van der Waals surface area contributed by atoms with Crippen molar-refractivity contribution >= 4 is 39.0 Å². The molecule has 0 spiro atoms. The Morgan fingerprint density at radius 1 is 1.12 bits per heavy atom. The first kappa shape index (κ1) is 15.7. The van der Waals surface area contributed by atoms with Gasteiger partial charge in [0.2, 0.25) is 0 Å². The van der Waals surface area contributed by atoms with Gasteiger partial charge in [0.15, 0.2) is 11.6 Å². The molecular formula is C16H12ClF2N3OS. The lowest BCUT2D eigenvalue weighted by molar-refractivity contribution is 0.122. The van der Waals surface area contributed by atoms with E-state index in [0.717, 1.165) is 22.7 Å². The Labute approximate surface area is 145 Å². The number of hydrogen-bond donors (Lipinski definition) is 0. The molecule has 0 N–H and O–H groups in total. The number of ether oxygens (including phenoxy) is 1. The SMILES string of the molecule is Fc1cc(-c2nc(N3CCOCC3)c3sccc3n2)c(F)cc1Cl. The van der Waals surface area contributed by atoms with Gasteiger partial charge in [-0.25, -0.2) is 18.7 Å². The highest BCUT2D eigenvalue weighted by Crippen LogP contribution is 2.33. The van der Waals surface area contributed by atoms with Crippen molar-refractivity contribution in [1.82, 2.24) is 9.97 Å². The second-order valence-corrected chi connectivity index (χ2v) is 6.67. The fraction of sp³-hybridized carbons (Fsp3) is 0.250. The first-order valence-electron chi connectivity index (χ1n) is 7.36. The molecule has 3 aromatic rings. The molecule has 1 aromatic carbocycles. The predicted molar refractivity (Wildman–Crippen MR) is 90.8 cm³/mol. The number of hydrogen-bond acceptors (Lipinski definition) is 5. The molecule has 0 aliphatic carbocycles. The lowest BCUT2D eigenvalue weighted by atomic mass is 10.2. The second-order valence-electron chi connectivity index (χ2n) is 5.35. The largest absolute Gasteiger partial charge is 0.378 e. The van der Waals surface area contributed by atoms with E-state index in [-0.39, 0.29) is 16.4 Å². The lowest BCUT2D eigenvalue weighted by Gasteiger charge is -2.28. The highest BCUT2D eigenvalue weighted by atomic mass is 35.5. The Bertz CT molecular complexity index is 912. The molecule has 0 amide bonds. The van der Waals surface area contributed by atoms with Crippen LogP contribution in [0.4, 0.5) is 14.6 Å². The Hall–Kier alpha value is -1.83. The van der Waals surface area contributed by atoms with E-state index in [2.05, 4.69) is 14.9 Å². The van der Waals surface area contributed by atoms with Gasteiger partial charge in [-0.05, 0) is 23.6 Å². The molecule has 0 radical (unpaired) electrons. The van der Waals surface area contributed by atoms with Crippen molar-refractivity contribution in [2.75, 3.05) is 31.2 Å². The van der Waals surface area contributed by atoms with Gasteiger partial charge in [-0.3, -0.25) is 0 Å². The zero-order valence-electron chi connectivity index (χ0n) is 12.4. The number of halogens is 3. The minimum absolute atomic E-state index is 0.000454. The molecule has 0 unspecified atom stereocenters. The van der Waals surface area contributed by atoms with Gasteiger partial charge in [0.1, 0.15) is 11.6 Å². The van der Waals surface area contributed by atoms with Crippen LogP contribution in [0, 0.1) is 11.6 Å². The summed E-state index contributed by atoms with van der Waals surface area (Å²) in [6.07, 6.45) is 0. The Kier molecular flexibility index (Phi) is 4.07. The number of morpholine rings is 1. The molecule has 1 aliphatic rings. The van der Waals surface area contributed by atoms with Crippen LogP contribution >= 0.6 is 22.9 Å². The van der Waals surface area contributed by atoms with E-state index in [1.807, 2.05) is 11.4 Å². The molecule has 0 atom stereocenters. The summed E-state index contributed by atoms with van der Waals surface area (Å²) in [6, 6.07) is 3.83. The monoisotopic (exact) mass is 367 g/mol. The third-order valence-electron chi connectivity index (χ3n) is 3.85. The van der Waals surface area contributed by atoms with Crippen LogP contribution in [0.5, 0.6) is 0 Å². The third-order valence-corrected chi connectivity index (χ3v) is 5.04. The summed E-state index contributed by atoms with van der Waals surface area (Å²) in [7, 11) is 0. The first-order valence-corrected chi connectivity index (χ1v) is 8.62. The summed E-state index contributed by atoms with van der Waals surface area (Å²) < 4.78 is 34.3. The maximum Gasteiger partial charge on any atom is 0.165 e. The summed E-state index contributed by atoms with van der Waals surface area (Å²) in [5.74, 6) is -0.475. The molecule has 4 rings (SSSR count). The van der Waals surface area contributed by atoms with Crippen LogP contribution in [-0.4, -0.2) is 36.3 Å². The van der Waals surface area contributed by atoms with E-state index in [0.29, 0.717) is 31.8 Å². The number of anilines is 1. The third kappa shape index (κ3) is 2.72. The second kappa shape index (κ2) is 6.23. The zero-order valence-corrected chi connectivity index (χ0v) is 14.0. The van der Waals surface area contributed by atoms with Gasteiger partial charge in [-0.2, -0.15) is 0 Å². The Balaban J connectivity index is 1.89. The number of benzene rings is 1. The lowest BCUT2D eigenvalue weighted by Crippen LogP contribution is -2.36. The van der Waals surface area contributed by atoms with E-state index in [1.54, 1.807) is 0 Å². The summed E-state index contributed by atoms with van der Waals surface area (Å²) in [5.41, 5.74) is 0.709. The van der Waals surface area contributed by atoms with Crippen LogP contribution in [0.2, 0.25) is 5.02 Å². The molecular weight excluding hydrogens is 356 g/mol. The van der Waals surface area contributed by atoms with Crippen molar-refractivity contribution in [3.8, 4) is 11.4 Å². The molecule has 1 saturated heterocycles. The highest BCUT2D eigenvalue weighted by molar-refractivity contribution is 7.17. The van der Waals surface area contributed by atoms with Crippen molar-refractivity contribution < 1.29 is 13.5 Å². The van der Waals surface area contributed by atoms with Gasteiger partial charge in [-0.15, -0.1) is 11.3 Å². The molecule has 0 saturated carbocycles. The number of fused-ring (bicyclic) bond motifs is 1. The van der Waals surface area contributed by atoms with Crippen molar-refractivity contribution in [2.24, 2.45) is 0 Å². The minimum Gasteiger partial charge on any atom is -0.378 e. The minimum atomic E-state index is -0.699. The van der Waals surface area contributed by atoms with Gasteiger partial charge in [0.05, 0.1) is 34.0 Å². The van der Waals surface area contributed by atoms with Gasteiger partial charge < -0.3 is 9.64 Å². The van der Waals surface area contributed by atoms with E-state index in [9.17, 15) is 8.78 Å². The Morgan fingerprint density at radius 3 is 2.71 bits per heavy atom. The fourth-order valence-electron chi connectivity index (χ4n) is 2.65. The molecule has 4 nitrogen and oxygen atoms in total. The van der Waals surface area contributed by atoms with Crippen molar-refractivity contribution in [1.29, 1.82) is 0 Å². The summed E-state index contributed by atoms with van der Waals surface area (Å²) in [6.45, 7) is 2.61. The molecule has 1 fully saturated rings. The van der Waals surface area contributed by atoms with Crippen LogP contribution in [0.25, 0.3) is 21.6 Å². The smallest absolute Gasteiger partial charge is 0.165 e. The maximum absolute atomic E-state index is 14.3. The van der Waals surface area contributed by atoms with Crippen molar-refractivity contribution in [3.63, 3.8) is 0 Å². The van der Waals surface area contributed by atoms with Gasteiger partial charge in [-0.1, -0.05) is 11.6 Å². The maximum atomic E-state index is 14.3. The predicted octanol–water partition coefficient (Wildman–Crippen LogP) is 4.13. The summed E-state index contributed by atoms with van der Waals surface area (Å²) >= 11 is 7.15. The molecule has 2 aromatic heterocycles. The van der Waals surface area contributed by atoms with E-state index >= 15 is 0 Å². The number of aromatic nitrogens is 2. The molecule has 24 heavy (non-hydrogen) atoms. The van der Waals surface area contributed by atoms with Gasteiger partial charge in [0, 0.05) is 13.1 Å². The highest BCUT2D eigenvalue weighted by Gasteiger charge is 2.20. The quantitative estimate of drug-likeness (QED) is 0.638. The van der Waals surface area contributed by atoms with Crippen LogP contribution in [0.1, 0.15) is 0 Å². The summed E-state index contributed by atoms with van der Waals surface area (Å²) in [5, 5.41) is 1.65. The standard InChI is InChI=1S/C16H12ClF2N3OS/c17-10-8-11(18)9(7-12(10)19)15-20-13-1-6-24-14(13)16(21-15)22-2-4-23-5-3-22/h1,6-8H,2-5H2. The topological polar surface area (TPSA) is 38.2 Å². The zero-order chi connectivity index (χ0) is 16.7. The van der Waals surface area contributed by atoms with Crippen LogP contribution in [0.3, 0.4) is 0 Å². The molecule has 124 valence electrons. The van der Waals surface area contributed by atoms with Crippen molar-refractivity contribution in [3.05, 3.63) is 40.2 Å². The van der Waals surface area contributed by atoms with Crippen LogP contribution in [-0.2, 0) is 4.74 Å². The van der Waals surface area contributed by atoms with Gasteiger partial charge >= 0.3 is 0 Å². The summed E-state index contributed by atoms with van der Waals surface area (Å²) in [4.78, 5) is 11.0. The van der Waals surface area contributed by atoms with Crippen LogP contribution < -0.4 is 4.90 Å².